The molecule has 0 radical (unpaired) electrons. The lowest BCUT2D eigenvalue weighted by Gasteiger charge is -2.09. The maximum atomic E-state index is 11.2. The second-order valence-electron chi connectivity index (χ2n) is 2.67. The molecule has 2 nitrogen and oxygen atoms in total. The molecule has 0 saturated heterocycles. The number of halogens is 1. The molecule has 0 fully saturated rings. The molecule has 11 heavy (non-hydrogen) atoms. The molecule has 0 aliphatic carbocycles. The Bertz CT molecular complexity index is 117. The summed E-state index contributed by atoms with van der Waals surface area (Å²) in [7, 11) is 0. The van der Waals surface area contributed by atoms with Gasteiger partial charge in [-0.15, -0.1) is 0 Å². The van der Waals surface area contributed by atoms with Crippen LogP contribution in [-0.4, -0.2) is 16.9 Å². The van der Waals surface area contributed by atoms with Gasteiger partial charge >= 0.3 is 0 Å². The SMILES string of the molecule is CCCC(C)C(=O)NCCI. The fourth-order valence-corrected chi connectivity index (χ4v) is 1.18. The van der Waals surface area contributed by atoms with Gasteiger partial charge in [0.1, 0.15) is 0 Å². The summed E-state index contributed by atoms with van der Waals surface area (Å²) in [6.45, 7) is 4.88. The third-order valence-electron chi connectivity index (χ3n) is 1.56. The van der Waals surface area contributed by atoms with Gasteiger partial charge in [0.2, 0.25) is 5.91 Å². The first-order chi connectivity index (χ1) is 5.22. The Morgan fingerprint density at radius 3 is 2.73 bits per heavy atom. The fraction of sp³-hybridized carbons (Fsp3) is 0.875. The van der Waals surface area contributed by atoms with Crippen LogP contribution in [0.25, 0.3) is 0 Å². The van der Waals surface area contributed by atoms with Crippen molar-refractivity contribution in [1.82, 2.24) is 5.32 Å². The van der Waals surface area contributed by atoms with Crippen LogP contribution < -0.4 is 5.32 Å². The van der Waals surface area contributed by atoms with Gasteiger partial charge in [-0.1, -0.05) is 42.9 Å². The second-order valence-corrected chi connectivity index (χ2v) is 3.75. The van der Waals surface area contributed by atoms with Crippen LogP contribution in [0.3, 0.4) is 0 Å². The van der Waals surface area contributed by atoms with Crippen molar-refractivity contribution < 1.29 is 4.79 Å². The van der Waals surface area contributed by atoms with Crippen molar-refractivity contribution in [3.63, 3.8) is 0 Å². The van der Waals surface area contributed by atoms with Crippen molar-refractivity contribution in [3.8, 4) is 0 Å². The summed E-state index contributed by atoms with van der Waals surface area (Å²) in [5.41, 5.74) is 0. The van der Waals surface area contributed by atoms with Crippen LogP contribution in [0.5, 0.6) is 0 Å². The first-order valence-electron chi connectivity index (χ1n) is 4.06. The Labute approximate surface area is 82.3 Å². The first kappa shape index (κ1) is 11.2. The van der Waals surface area contributed by atoms with Crippen molar-refractivity contribution in [3.05, 3.63) is 0 Å². The molecule has 0 rings (SSSR count). The highest BCUT2D eigenvalue weighted by Crippen LogP contribution is 2.03. The van der Waals surface area contributed by atoms with Gasteiger partial charge in [-0.2, -0.15) is 0 Å². The van der Waals surface area contributed by atoms with Crippen molar-refractivity contribution in [2.75, 3.05) is 11.0 Å². The van der Waals surface area contributed by atoms with Gasteiger partial charge in [-0.05, 0) is 6.42 Å². The molecule has 1 atom stereocenters. The largest absolute Gasteiger partial charge is 0.355 e. The van der Waals surface area contributed by atoms with E-state index in [1.165, 1.54) is 0 Å². The van der Waals surface area contributed by atoms with Crippen LogP contribution in [0.1, 0.15) is 26.7 Å². The van der Waals surface area contributed by atoms with E-state index < -0.39 is 0 Å². The lowest BCUT2D eigenvalue weighted by molar-refractivity contribution is -0.124. The summed E-state index contributed by atoms with van der Waals surface area (Å²) in [6.07, 6.45) is 2.08. The molecule has 0 aromatic heterocycles. The minimum absolute atomic E-state index is 0.183. The third-order valence-corrected chi connectivity index (χ3v) is 2.10. The number of hydrogen-bond acceptors (Lipinski definition) is 1. The van der Waals surface area contributed by atoms with E-state index in [-0.39, 0.29) is 11.8 Å². The second kappa shape index (κ2) is 6.88. The quantitative estimate of drug-likeness (QED) is 0.600. The topological polar surface area (TPSA) is 29.1 Å². The number of hydrogen-bond donors (Lipinski definition) is 1. The highest BCUT2D eigenvalue weighted by molar-refractivity contribution is 14.1. The standard InChI is InChI=1S/C8H16INO/c1-3-4-7(2)8(11)10-6-5-9/h7H,3-6H2,1-2H3,(H,10,11). The molecule has 0 aromatic rings. The van der Waals surface area contributed by atoms with Crippen LogP contribution in [-0.2, 0) is 4.79 Å². The van der Waals surface area contributed by atoms with E-state index in [4.69, 9.17) is 0 Å². The lowest BCUT2D eigenvalue weighted by Crippen LogP contribution is -2.30. The molecule has 0 aliphatic heterocycles. The van der Waals surface area contributed by atoms with Crippen LogP contribution in [0.4, 0.5) is 0 Å². The van der Waals surface area contributed by atoms with Crippen LogP contribution in [0.15, 0.2) is 0 Å². The monoisotopic (exact) mass is 269 g/mol. The van der Waals surface area contributed by atoms with Gasteiger partial charge in [0.25, 0.3) is 0 Å². The van der Waals surface area contributed by atoms with Gasteiger partial charge in [-0.25, -0.2) is 0 Å². The fourth-order valence-electron chi connectivity index (χ4n) is 0.909. The minimum Gasteiger partial charge on any atom is -0.355 e. The molecule has 66 valence electrons. The van der Waals surface area contributed by atoms with Gasteiger partial charge in [0.05, 0.1) is 0 Å². The third kappa shape index (κ3) is 5.47. The Balaban J connectivity index is 3.47. The molecule has 1 unspecified atom stereocenters. The van der Waals surface area contributed by atoms with Crippen LogP contribution >= 0.6 is 22.6 Å². The van der Waals surface area contributed by atoms with E-state index in [0.29, 0.717) is 0 Å². The Morgan fingerprint density at radius 1 is 1.64 bits per heavy atom. The Hall–Kier alpha value is 0.200. The van der Waals surface area contributed by atoms with Gasteiger partial charge in [-0.3, -0.25) is 4.79 Å². The van der Waals surface area contributed by atoms with E-state index in [1.807, 2.05) is 6.92 Å². The van der Waals surface area contributed by atoms with Crippen molar-refractivity contribution in [1.29, 1.82) is 0 Å². The number of amides is 1. The molecule has 1 N–H and O–H groups in total. The molecular formula is C8H16INO. The molecule has 0 saturated carbocycles. The van der Waals surface area contributed by atoms with Gasteiger partial charge in [0, 0.05) is 16.9 Å². The number of nitrogens with one attached hydrogen (secondary N) is 1. The summed E-state index contributed by atoms with van der Waals surface area (Å²) in [6, 6.07) is 0. The predicted octanol–water partition coefficient (Wildman–Crippen LogP) is 1.97. The summed E-state index contributed by atoms with van der Waals surface area (Å²) in [4.78, 5) is 11.2. The summed E-state index contributed by atoms with van der Waals surface area (Å²) in [5.74, 6) is 0.381. The van der Waals surface area contributed by atoms with Crippen molar-refractivity contribution in [2.24, 2.45) is 5.92 Å². The molecule has 0 bridgehead atoms. The normalized spacial score (nSPS) is 12.6. The molecule has 0 spiro atoms. The van der Waals surface area contributed by atoms with Gasteiger partial charge < -0.3 is 5.32 Å². The molecule has 1 amide bonds. The summed E-state index contributed by atoms with van der Waals surface area (Å²) < 4.78 is 0.988. The summed E-state index contributed by atoms with van der Waals surface area (Å²) in [5, 5.41) is 2.87. The molecule has 0 heterocycles. The first-order valence-corrected chi connectivity index (χ1v) is 5.58. The Kier molecular flexibility index (Phi) is 7.01. The smallest absolute Gasteiger partial charge is 0.222 e. The molecule has 0 aliphatic rings. The van der Waals surface area contributed by atoms with Crippen LogP contribution in [0, 0.1) is 5.92 Å². The number of rotatable bonds is 5. The zero-order valence-electron chi connectivity index (χ0n) is 7.19. The zero-order valence-corrected chi connectivity index (χ0v) is 9.35. The van der Waals surface area contributed by atoms with E-state index in [0.717, 1.165) is 23.8 Å². The van der Waals surface area contributed by atoms with Gasteiger partial charge in [0.15, 0.2) is 0 Å². The average Bonchev–Trinajstić information content (AvgIpc) is 2.00. The van der Waals surface area contributed by atoms with E-state index in [9.17, 15) is 4.79 Å². The highest BCUT2D eigenvalue weighted by atomic mass is 127. The van der Waals surface area contributed by atoms with E-state index in [2.05, 4.69) is 34.8 Å². The molecule has 0 aromatic carbocycles. The highest BCUT2D eigenvalue weighted by Gasteiger charge is 2.09. The number of alkyl halides is 1. The van der Waals surface area contributed by atoms with Crippen LogP contribution in [0.2, 0.25) is 0 Å². The number of carbonyl (C=O) groups is 1. The predicted molar refractivity (Wildman–Crippen MR) is 56.0 cm³/mol. The lowest BCUT2D eigenvalue weighted by atomic mass is 10.1. The Morgan fingerprint density at radius 2 is 2.27 bits per heavy atom. The molecule has 3 heteroatoms. The van der Waals surface area contributed by atoms with Crippen molar-refractivity contribution >= 4 is 28.5 Å². The van der Waals surface area contributed by atoms with E-state index >= 15 is 0 Å². The number of carbonyl (C=O) groups excluding carboxylic acids is 1. The maximum Gasteiger partial charge on any atom is 0.222 e. The average molecular weight is 269 g/mol. The van der Waals surface area contributed by atoms with Crippen molar-refractivity contribution in [2.45, 2.75) is 26.7 Å². The maximum absolute atomic E-state index is 11.2. The minimum atomic E-state index is 0.183. The van der Waals surface area contributed by atoms with E-state index in [1.54, 1.807) is 0 Å². The summed E-state index contributed by atoms with van der Waals surface area (Å²) >= 11 is 2.25. The zero-order chi connectivity index (χ0) is 8.69. The molecular weight excluding hydrogens is 253 g/mol.